The summed E-state index contributed by atoms with van der Waals surface area (Å²) < 4.78 is 7.11. The van der Waals surface area contributed by atoms with E-state index in [9.17, 15) is 9.90 Å². The number of amidine groups is 1. The lowest BCUT2D eigenvalue weighted by Crippen LogP contribution is -2.26. The van der Waals surface area contributed by atoms with Crippen molar-refractivity contribution < 1.29 is 14.6 Å². The molecule has 0 fully saturated rings. The molecule has 0 aliphatic carbocycles. The molecule has 8 heteroatoms. The topological polar surface area (TPSA) is 103 Å². The third-order valence-corrected chi connectivity index (χ3v) is 4.89. The maximum absolute atomic E-state index is 11.3. The van der Waals surface area contributed by atoms with Crippen LogP contribution < -0.4 is 15.0 Å². The van der Waals surface area contributed by atoms with Crippen LogP contribution in [0.15, 0.2) is 48.2 Å². The zero-order chi connectivity index (χ0) is 20.7. The monoisotopic (exact) mass is 391 g/mol. The first-order valence-corrected chi connectivity index (χ1v) is 9.06. The van der Waals surface area contributed by atoms with E-state index in [0.29, 0.717) is 28.5 Å². The van der Waals surface area contributed by atoms with Crippen LogP contribution in [0, 0.1) is 5.41 Å². The van der Waals surface area contributed by atoms with Gasteiger partial charge in [0.15, 0.2) is 0 Å². The highest BCUT2D eigenvalue weighted by atomic mass is 16.5. The Kier molecular flexibility index (Phi) is 4.46. The number of rotatable bonds is 4. The predicted molar refractivity (Wildman–Crippen MR) is 113 cm³/mol. The first kappa shape index (κ1) is 18.5. The Hall–Kier alpha value is -3.81. The second kappa shape index (κ2) is 6.97. The van der Waals surface area contributed by atoms with Gasteiger partial charge in [0.1, 0.15) is 23.2 Å². The Morgan fingerprint density at radius 2 is 2.07 bits per heavy atom. The van der Waals surface area contributed by atoms with Gasteiger partial charge < -0.3 is 24.6 Å². The van der Waals surface area contributed by atoms with Crippen molar-refractivity contribution in [1.82, 2.24) is 9.55 Å². The highest BCUT2D eigenvalue weighted by molar-refractivity contribution is 6.30. The van der Waals surface area contributed by atoms with Gasteiger partial charge in [0.05, 0.1) is 30.3 Å². The summed E-state index contributed by atoms with van der Waals surface area (Å²) in [6.45, 7) is 1.60. The van der Waals surface area contributed by atoms with Crippen molar-refractivity contribution >= 4 is 39.7 Å². The molecule has 0 unspecified atom stereocenters. The molecule has 8 nitrogen and oxygen atoms in total. The number of imidazole rings is 1. The van der Waals surface area contributed by atoms with Crippen LogP contribution in [0.25, 0.3) is 16.6 Å². The number of benzene rings is 2. The number of hydrogen-bond donors (Lipinski definition) is 3. The van der Waals surface area contributed by atoms with Gasteiger partial charge in [-0.05, 0) is 30.3 Å². The fraction of sp³-hybridized carbons (Fsp3) is 0.190. The predicted octanol–water partition coefficient (Wildman–Crippen LogP) is 3.31. The summed E-state index contributed by atoms with van der Waals surface area (Å²) in [5.74, 6) is 1.25. The Labute approximate surface area is 167 Å². The number of hydrogen-bond acceptors (Lipinski definition) is 5. The second-order valence-electron chi connectivity index (χ2n) is 6.84. The van der Waals surface area contributed by atoms with Crippen molar-refractivity contribution in [2.24, 2.45) is 7.05 Å². The van der Waals surface area contributed by atoms with E-state index in [1.165, 1.54) is 6.92 Å². The molecule has 148 valence electrons. The number of aryl methyl sites for hydroxylation is 1. The molecule has 0 spiro atoms. The van der Waals surface area contributed by atoms with Crippen LogP contribution in [0.3, 0.4) is 0 Å². The average molecular weight is 391 g/mol. The van der Waals surface area contributed by atoms with Gasteiger partial charge in [-0.3, -0.25) is 10.2 Å². The lowest BCUT2D eigenvalue weighted by atomic mass is 10.2. The normalized spacial score (nSPS) is 14.0. The molecule has 2 aromatic carbocycles. The number of methoxy groups -OCH3 is 1. The number of aliphatic hydroxyl groups excluding tert-OH is 1. The maximum atomic E-state index is 11.3. The van der Waals surface area contributed by atoms with Crippen molar-refractivity contribution in [2.45, 2.75) is 6.92 Å². The van der Waals surface area contributed by atoms with E-state index < -0.39 is 0 Å². The number of nitrogens with zero attached hydrogens (tertiary/aromatic N) is 3. The highest BCUT2D eigenvalue weighted by Gasteiger charge is 2.32. The Balaban J connectivity index is 1.71. The van der Waals surface area contributed by atoms with Crippen molar-refractivity contribution in [1.29, 1.82) is 5.41 Å². The number of aliphatic hydroxyl groups is 1. The molecule has 2 heterocycles. The van der Waals surface area contributed by atoms with E-state index in [0.717, 1.165) is 11.0 Å². The van der Waals surface area contributed by atoms with Gasteiger partial charge >= 0.3 is 0 Å². The minimum absolute atomic E-state index is 0.0744. The zero-order valence-corrected chi connectivity index (χ0v) is 16.4. The molecule has 1 aliphatic heterocycles. The lowest BCUT2D eigenvalue weighted by molar-refractivity contribution is -0.114. The van der Waals surface area contributed by atoms with Crippen LogP contribution in [0.4, 0.5) is 11.4 Å². The fourth-order valence-corrected chi connectivity index (χ4v) is 3.52. The molecule has 0 saturated carbocycles. The van der Waals surface area contributed by atoms with Gasteiger partial charge in [-0.25, -0.2) is 4.98 Å². The molecule has 3 aromatic rings. The summed E-state index contributed by atoms with van der Waals surface area (Å²) in [5, 5.41) is 22.1. The first-order valence-electron chi connectivity index (χ1n) is 9.06. The van der Waals surface area contributed by atoms with E-state index in [2.05, 4.69) is 10.3 Å². The van der Waals surface area contributed by atoms with Crippen LogP contribution in [0.5, 0.6) is 5.75 Å². The molecule has 1 amide bonds. The fourth-order valence-electron chi connectivity index (χ4n) is 3.52. The summed E-state index contributed by atoms with van der Waals surface area (Å²) in [6, 6.07) is 12.7. The smallest absolute Gasteiger partial charge is 0.221 e. The molecule has 0 radical (unpaired) electrons. The van der Waals surface area contributed by atoms with Crippen LogP contribution >= 0.6 is 0 Å². The van der Waals surface area contributed by atoms with Crippen LogP contribution in [-0.2, 0) is 11.8 Å². The largest absolute Gasteiger partial charge is 0.509 e. The van der Waals surface area contributed by atoms with Crippen molar-refractivity contribution in [2.75, 3.05) is 23.9 Å². The summed E-state index contributed by atoms with van der Waals surface area (Å²) in [4.78, 5) is 17.6. The zero-order valence-electron chi connectivity index (χ0n) is 16.4. The number of anilines is 2. The Morgan fingerprint density at radius 3 is 2.79 bits per heavy atom. The maximum Gasteiger partial charge on any atom is 0.221 e. The van der Waals surface area contributed by atoms with Crippen molar-refractivity contribution in [3.63, 3.8) is 0 Å². The van der Waals surface area contributed by atoms with E-state index in [-0.39, 0.29) is 24.0 Å². The minimum Gasteiger partial charge on any atom is -0.509 e. The van der Waals surface area contributed by atoms with Crippen molar-refractivity contribution in [3.8, 4) is 5.75 Å². The first-order chi connectivity index (χ1) is 13.9. The van der Waals surface area contributed by atoms with Crippen molar-refractivity contribution in [3.05, 3.63) is 54.0 Å². The lowest BCUT2D eigenvalue weighted by Gasteiger charge is -2.19. The highest BCUT2D eigenvalue weighted by Crippen LogP contribution is 2.33. The number of carbonyl (C=O) groups excluding carboxylic acids is 1. The average Bonchev–Trinajstić information content (AvgIpc) is 3.16. The number of ether oxygens (including phenoxy) is 1. The standard InChI is InChI=1S/C21H21N5O3/c1-12(27)23-13-5-4-6-14(9-13)26-11-18(28)19(20(26)22)21-24-16-10-15(29-3)7-8-17(16)25(21)2/h4-10,22,28H,11H2,1-3H3,(H,23,27). The molecule has 1 aromatic heterocycles. The third-order valence-electron chi connectivity index (χ3n) is 4.89. The molecular weight excluding hydrogens is 370 g/mol. The van der Waals surface area contributed by atoms with Gasteiger partial charge in [-0.15, -0.1) is 0 Å². The minimum atomic E-state index is -0.171. The molecule has 0 bridgehead atoms. The summed E-state index contributed by atoms with van der Waals surface area (Å²) >= 11 is 0. The number of amides is 1. The number of fused-ring (bicyclic) bond motifs is 1. The molecule has 3 N–H and O–H groups in total. The summed E-state index contributed by atoms with van der Waals surface area (Å²) in [6.07, 6.45) is 0. The summed E-state index contributed by atoms with van der Waals surface area (Å²) in [7, 11) is 3.45. The Bertz CT molecular complexity index is 1180. The van der Waals surface area contributed by atoms with Crippen LogP contribution in [-0.4, -0.2) is 40.1 Å². The molecule has 4 rings (SSSR count). The van der Waals surface area contributed by atoms with E-state index in [4.69, 9.17) is 10.1 Å². The molecule has 29 heavy (non-hydrogen) atoms. The molecule has 0 saturated heterocycles. The third kappa shape index (κ3) is 3.18. The molecule has 0 atom stereocenters. The molecular formula is C21H21N5O3. The van der Waals surface area contributed by atoms with Crippen LogP contribution in [0.2, 0.25) is 0 Å². The van der Waals surface area contributed by atoms with Crippen LogP contribution in [0.1, 0.15) is 12.7 Å². The number of aromatic nitrogens is 2. The van der Waals surface area contributed by atoms with E-state index in [1.54, 1.807) is 30.2 Å². The second-order valence-corrected chi connectivity index (χ2v) is 6.84. The van der Waals surface area contributed by atoms with Gasteiger partial charge in [-0.1, -0.05) is 6.07 Å². The summed E-state index contributed by atoms with van der Waals surface area (Å²) in [5.41, 5.74) is 3.31. The van der Waals surface area contributed by atoms with Gasteiger partial charge in [0.25, 0.3) is 0 Å². The quantitative estimate of drug-likeness (QED) is 0.633. The van der Waals surface area contributed by atoms with E-state index >= 15 is 0 Å². The Morgan fingerprint density at radius 1 is 1.28 bits per heavy atom. The molecule has 1 aliphatic rings. The van der Waals surface area contributed by atoms with Gasteiger partial charge in [0.2, 0.25) is 5.91 Å². The van der Waals surface area contributed by atoms with Gasteiger partial charge in [-0.2, -0.15) is 0 Å². The van der Waals surface area contributed by atoms with Gasteiger partial charge in [0, 0.05) is 31.4 Å². The SMILES string of the molecule is COc1ccc2c(c1)nc(C1=C(O)CN(c3cccc(NC(C)=O)c3)C1=N)n2C. The number of nitrogens with one attached hydrogen (secondary N) is 2. The number of carbonyl (C=O) groups is 1. The van der Waals surface area contributed by atoms with E-state index in [1.807, 2.05) is 35.9 Å².